The van der Waals surface area contributed by atoms with Gasteiger partial charge in [-0.05, 0) is 17.2 Å². The van der Waals surface area contributed by atoms with Crippen LogP contribution < -0.4 is 0 Å². The van der Waals surface area contributed by atoms with Gasteiger partial charge in [0.15, 0.2) is 11.9 Å². The van der Waals surface area contributed by atoms with Crippen LogP contribution in [0.4, 0.5) is 0 Å². The summed E-state index contributed by atoms with van der Waals surface area (Å²) in [5.74, 6) is -1.45. The molecule has 0 saturated carbocycles. The minimum atomic E-state index is -1.61. The fraction of sp³-hybridized carbons (Fsp3) is 0.125. The highest BCUT2D eigenvalue weighted by Gasteiger charge is 2.17. The van der Waals surface area contributed by atoms with Gasteiger partial charge in [-0.15, -0.1) is 0 Å². The van der Waals surface area contributed by atoms with E-state index in [1.165, 1.54) is 12.1 Å². The quantitative estimate of drug-likeness (QED) is 0.817. The molecule has 20 heavy (non-hydrogen) atoms. The molecule has 0 bridgehead atoms. The zero-order valence-corrected chi connectivity index (χ0v) is 10.7. The first-order valence-corrected chi connectivity index (χ1v) is 6.16. The summed E-state index contributed by atoms with van der Waals surface area (Å²) >= 11 is 0. The highest BCUT2D eigenvalue weighted by atomic mass is 16.4. The zero-order chi connectivity index (χ0) is 14.5. The van der Waals surface area contributed by atoms with E-state index in [1.54, 1.807) is 12.1 Å². The molecule has 0 aromatic heterocycles. The first kappa shape index (κ1) is 14.0. The number of carbonyl (C=O) groups excluding carboxylic acids is 1. The van der Waals surface area contributed by atoms with Gasteiger partial charge in [0.05, 0.1) is 0 Å². The minimum absolute atomic E-state index is 0.115. The molecule has 4 nitrogen and oxygen atoms in total. The summed E-state index contributed by atoms with van der Waals surface area (Å²) in [6.45, 7) is 0. The second kappa shape index (κ2) is 6.12. The van der Waals surface area contributed by atoms with Crippen LogP contribution in [0.25, 0.3) is 0 Å². The van der Waals surface area contributed by atoms with Crippen molar-refractivity contribution in [3.63, 3.8) is 0 Å². The van der Waals surface area contributed by atoms with Gasteiger partial charge in [0.1, 0.15) is 0 Å². The Balaban J connectivity index is 2.18. The van der Waals surface area contributed by atoms with E-state index in [0.717, 1.165) is 5.56 Å². The van der Waals surface area contributed by atoms with Gasteiger partial charge in [0.25, 0.3) is 0 Å². The van der Waals surface area contributed by atoms with E-state index in [-0.39, 0.29) is 17.8 Å². The van der Waals surface area contributed by atoms with Crippen LogP contribution in [0.3, 0.4) is 0 Å². The van der Waals surface area contributed by atoms with E-state index >= 15 is 0 Å². The van der Waals surface area contributed by atoms with Crippen LogP contribution in [-0.2, 0) is 11.2 Å². The van der Waals surface area contributed by atoms with E-state index in [2.05, 4.69) is 0 Å². The largest absolute Gasteiger partial charge is 0.479 e. The van der Waals surface area contributed by atoms with E-state index in [9.17, 15) is 14.7 Å². The Bertz CT molecular complexity index is 619. The average Bonchev–Trinajstić information content (AvgIpc) is 2.47. The number of hydrogen-bond donors (Lipinski definition) is 2. The molecular weight excluding hydrogens is 256 g/mol. The number of carboxylic acid groups (broad SMARTS) is 1. The van der Waals surface area contributed by atoms with Crippen LogP contribution in [-0.4, -0.2) is 22.0 Å². The molecule has 2 aromatic rings. The molecule has 0 spiro atoms. The van der Waals surface area contributed by atoms with E-state index in [1.807, 2.05) is 30.3 Å². The third-order valence-electron chi connectivity index (χ3n) is 2.97. The van der Waals surface area contributed by atoms with Crippen LogP contribution in [0.15, 0.2) is 54.6 Å². The Morgan fingerprint density at radius 2 is 1.70 bits per heavy atom. The Hall–Kier alpha value is -2.46. The van der Waals surface area contributed by atoms with Crippen molar-refractivity contribution in [1.82, 2.24) is 0 Å². The number of aliphatic hydroxyl groups excluding tert-OH is 1. The van der Waals surface area contributed by atoms with Crippen molar-refractivity contribution in [2.45, 2.75) is 12.5 Å². The molecule has 2 aromatic carbocycles. The number of benzene rings is 2. The number of aliphatic hydroxyl groups is 1. The lowest BCUT2D eigenvalue weighted by Gasteiger charge is -2.08. The van der Waals surface area contributed by atoms with Crippen molar-refractivity contribution in [3.05, 3.63) is 71.3 Å². The molecule has 2 rings (SSSR count). The first-order chi connectivity index (χ1) is 9.58. The second-order valence-corrected chi connectivity index (χ2v) is 4.45. The van der Waals surface area contributed by atoms with Crippen molar-refractivity contribution >= 4 is 11.8 Å². The summed E-state index contributed by atoms with van der Waals surface area (Å²) in [6.07, 6.45) is -1.37. The molecule has 0 fully saturated rings. The molecule has 0 amide bonds. The first-order valence-electron chi connectivity index (χ1n) is 6.16. The molecule has 4 heteroatoms. The molecule has 0 heterocycles. The van der Waals surface area contributed by atoms with Gasteiger partial charge in [0.2, 0.25) is 0 Å². The summed E-state index contributed by atoms with van der Waals surface area (Å²) in [5.41, 5.74) is 1.49. The Kier molecular flexibility index (Phi) is 4.27. The molecule has 0 aliphatic rings. The standard InChI is InChI=1S/C16H14O4/c17-14(9-11-5-2-1-3-6-11)12-7-4-8-13(10-12)15(18)16(19)20/h1-8,10,15,18H,9H2,(H,19,20). The van der Waals surface area contributed by atoms with Gasteiger partial charge in [-0.1, -0.05) is 48.5 Å². The van der Waals surface area contributed by atoms with Gasteiger partial charge in [0, 0.05) is 12.0 Å². The molecule has 1 unspecified atom stereocenters. The van der Waals surface area contributed by atoms with Crippen LogP contribution in [0.5, 0.6) is 0 Å². The van der Waals surface area contributed by atoms with E-state index < -0.39 is 12.1 Å². The maximum atomic E-state index is 12.1. The zero-order valence-electron chi connectivity index (χ0n) is 10.7. The van der Waals surface area contributed by atoms with E-state index in [0.29, 0.717) is 5.56 Å². The number of aliphatic carboxylic acids is 1. The summed E-state index contributed by atoms with van der Waals surface area (Å²) in [7, 11) is 0. The van der Waals surface area contributed by atoms with Crippen LogP contribution in [0, 0.1) is 0 Å². The third-order valence-corrected chi connectivity index (χ3v) is 2.97. The smallest absolute Gasteiger partial charge is 0.337 e. The molecule has 2 N–H and O–H groups in total. The lowest BCUT2D eigenvalue weighted by molar-refractivity contribution is -0.146. The van der Waals surface area contributed by atoms with Gasteiger partial charge in [-0.3, -0.25) is 4.79 Å². The summed E-state index contributed by atoms with van der Waals surface area (Å²) in [6, 6.07) is 15.4. The number of carbonyl (C=O) groups is 2. The molecule has 0 aliphatic heterocycles. The normalized spacial score (nSPS) is 11.8. The highest BCUT2D eigenvalue weighted by molar-refractivity contribution is 5.97. The average molecular weight is 270 g/mol. The van der Waals surface area contributed by atoms with Crippen molar-refractivity contribution in [2.24, 2.45) is 0 Å². The monoisotopic (exact) mass is 270 g/mol. The molecule has 102 valence electrons. The third kappa shape index (κ3) is 3.30. The predicted molar refractivity (Wildman–Crippen MR) is 73.5 cm³/mol. The van der Waals surface area contributed by atoms with Crippen molar-refractivity contribution in [2.75, 3.05) is 0 Å². The van der Waals surface area contributed by atoms with Gasteiger partial charge < -0.3 is 10.2 Å². The van der Waals surface area contributed by atoms with Crippen molar-refractivity contribution in [1.29, 1.82) is 0 Å². The fourth-order valence-electron chi connectivity index (χ4n) is 1.91. The molecule has 0 aliphatic carbocycles. The molecular formula is C16H14O4. The van der Waals surface area contributed by atoms with Gasteiger partial charge in [-0.25, -0.2) is 4.79 Å². The lowest BCUT2D eigenvalue weighted by Crippen LogP contribution is -2.11. The molecule has 1 atom stereocenters. The number of ketones is 1. The van der Waals surface area contributed by atoms with Crippen molar-refractivity contribution < 1.29 is 19.8 Å². The fourth-order valence-corrected chi connectivity index (χ4v) is 1.91. The number of Topliss-reactive ketones (excluding diaryl/α,β-unsaturated/α-hetero) is 1. The lowest BCUT2D eigenvalue weighted by atomic mass is 9.99. The van der Waals surface area contributed by atoms with Gasteiger partial charge >= 0.3 is 5.97 Å². The predicted octanol–water partition coefficient (Wildman–Crippen LogP) is 2.23. The topological polar surface area (TPSA) is 74.6 Å². The van der Waals surface area contributed by atoms with Crippen molar-refractivity contribution in [3.8, 4) is 0 Å². The summed E-state index contributed by atoms with van der Waals surface area (Å²) in [4.78, 5) is 22.9. The molecule has 0 radical (unpaired) electrons. The number of carboxylic acids is 1. The summed E-state index contributed by atoms with van der Waals surface area (Å²) < 4.78 is 0. The Labute approximate surface area is 116 Å². The minimum Gasteiger partial charge on any atom is -0.479 e. The van der Waals surface area contributed by atoms with Gasteiger partial charge in [-0.2, -0.15) is 0 Å². The maximum absolute atomic E-state index is 12.1. The Morgan fingerprint density at radius 1 is 1.00 bits per heavy atom. The Morgan fingerprint density at radius 3 is 2.35 bits per heavy atom. The highest BCUT2D eigenvalue weighted by Crippen LogP contribution is 2.16. The molecule has 0 saturated heterocycles. The number of hydrogen-bond acceptors (Lipinski definition) is 3. The maximum Gasteiger partial charge on any atom is 0.337 e. The van der Waals surface area contributed by atoms with Crippen LogP contribution in [0.1, 0.15) is 27.6 Å². The van der Waals surface area contributed by atoms with Crippen LogP contribution >= 0.6 is 0 Å². The SMILES string of the molecule is O=C(Cc1ccccc1)c1cccc(C(O)C(=O)O)c1. The second-order valence-electron chi connectivity index (χ2n) is 4.45. The number of rotatable bonds is 5. The van der Waals surface area contributed by atoms with Crippen LogP contribution in [0.2, 0.25) is 0 Å². The summed E-state index contributed by atoms with van der Waals surface area (Å²) in [5, 5.41) is 18.2. The van der Waals surface area contributed by atoms with E-state index in [4.69, 9.17) is 5.11 Å².